The molecule has 0 spiro atoms. The molecule has 0 atom stereocenters. The van der Waals surface area contributed by atoms with Crippen LogP contribution in [0.4, 0.5) is 5.69 Å². The van der Waals surface area contributed by atoms with E-state index in [0.717, 1.165) is 11.3 Å². The Kier molecular flexibility index (Phi) is 3.85. The second-order valence-corrected chi connectivity index (χ2v) is 4.51. The molecular formula is C14H18N4O. The van der Waals surface area contributed by atoms with Crippen LogP contribution in [0.5, 0.6) is 0 Å². The maximum Gasteiger partial charge on any atom is 0.253 e. The first-order chi connectivity index (χ1) is 9.10. The summed E-state index contributed by atoms with van der Waals surface area (Å²) in [5, 5.41) is 7.12. The molecule has 0 aliphatic heterocycles. The third kappa shape index (κ3) is 3.13. The number of hydrogen-bond donors (Lipinski definition) is 1. The van der Waals surface area contributed by atoms with Crippen molar-refractivity contribution in [1.29, 1.82) is 0 Å². The Balaban J connectivity index is 2.05. The maximum atomic E-state index is 12.2. The molecular weight excluding hydrogens is 240 g/mol. The van der Waals surface area contributed by atoms with Crippen molar-refractivity contribution in [1.82, 2.24) is 14.7 Å². The van der Waals surface area contributed by atoms with Gasteiger partial charge in [0, 0.05) is 50.7 Å². The summed E-state index contributed by atoms with van der Waals surface area (Å²) >= 11 is 0. The Morgan fingerprint density at radius 3 is 2.58 bits per heavy atom. The topological polar surface area (TPSA) is 50.2 Å². The lowest BCUT2D eigenvalue weighted by atomic mass is 10.2. The molecule has 1 aromatic carbocycles. The molecule has 100 valence electrons. The summed E-state index contributed by atoms with van der Waals surface area (Å²) in [6.45, 7) is 0.556. The Morgan fingerprint density at radius 2 is 2.05 bits per heavy atom. The van der Waals surface area contributed by atoms with Gasteiger partial charge in [-0.25, -0.2) is 0 Å². The zero-order chi connectivity index (χ0) is 13.8. The van der Waals surface area contributed by atoms with Gasteiger partial charge in [0.1, 0.15) is 0 Å². The van der Waals surface area contributed by atoms with E-state index in [1.165, 1.54) is 0 Å². The van der Waals surface area contributed by atoms with E-state index in [9.17, 15) is 4.79 Å². The molecule has 1 amide bonds. The highest BCUT2D eigenvalue weighted by atomic mass is 16.2. The Hall–Kier alpha value is -2.30. The largest absolute Gasteiger partial charge is 0.388 e. The lowest BCUT2D eigenvalue weighted by Gasteiger charge is -2.16. The Labute approximate surface area is 112 Å². The summed E-state index contributed by atoms with van der Waals surface area (Å²) in [5.41, 5.74) is 2.70. The molecule has 0 aliphatic carbocycles. The van der Waals surface area contributed by atoms with E-state index in [4.69, 9.17) is 0 Å². The van der Waals surface area contributed by atoms with E-state index in [1.54, 1.807) is 22.8 Å². The summed E-state index contributed by atoms with van der Waals surface area (Å²) in [6.07, 6.45) is 3.68. The van der Waals surface area contributed by atoms with E-state index >= 15 is 0 Å². The fraction of sp³-hybridized carbons (Fsp3) is 0.286. The van der Waals surface area contributed by atoms with Crippen LogP contribution in [0.2, 0.25) is 0 Å². The summed E-state index contributed by atoms with van der Waals surface area (Å²) < 4.78 is 1.73. The number of carbonyl (C=O) groups is 1. The minimum Gasteiger partial charge on any atom is -0.388 e. The average molecular weight is 258 g/mol. The highest BCUT2D eigenvalue weighted by Gasteiger charge is 2.12. The summed E-state index contributed by atoms with van der Waals surface area (Å²) in [5.74, 6) is 0.00602. The quantitative estimate of drug-likeness (QED) is 0.908. The number of nitrogens with zero attached hydrogens (tertiary/aromatic N) is 3. The first-order valence-electron chi connectivity index (χ1n) is 6.11. The lowest BCUT2D eigenvalue weighted by Crippen LogP contribution is -2.25. The van der Waals surface area contributed by atoms with E-state index in [2.05, 4.69) is 10.4 Å². The molecule has 0 saturated heterocycles. The van der Waals surface area contributed by atoms with Gasteiger partial charge in [-0.15, -0.1) is 0 Å². The number of anilines is 1. The second-order valence-electron chi connectivity index (χ2n) is 4.51. The number of amides is 1. The van der Waals surface area contributed by atoms with Gasteiger partial charge in [0.05, 0.1) is 6.20 Å². The first kappa shape index (κ1) is 13.1. The number of carbonyl (C=O) groups excluding carboxylic acids is 1. The van der Waals surface area contributed by atoms with Crippen molar-refractivity contribution in [3.8, 4) is 0 Å². The van der Waals surface area contributed by atoms with E-state index in [1.807, 2.05) is 44.6 Å². The van der Waals surface area contributed by atoms with Crippen LogP contribution in [-0.2, 0) is 13.6 Å². The SMILES string of the molecule is CNc1ccc(C(=O)N(C)Cc2cnn(C)c2)cc1. The van der Waals surface area contributed by atoms with Gasteiger partial charge in [-0.05, 0) is 24.3 Å². The average Bonchev–Trinajstić information content (AvgIpc) is 2.83. The number of nitrogens with one attached hydrogen (secondary N) is 1. The van der Waals surface area contributed by atoms with Crippen LogP contribution in [-0.4, -0.2) is 34.7 Å². The standard InChI is InChI=1S/C14H18N4O/c1-15-13-6-4-12(5-7-13)14(19)17(2)9-11-8-16-18(3)10-11/h4-8,10,15H,9H2,1-3H3. The van der Waals surface area contributed by atoms with Crippen LogP contribution in [0, 0.1) is 0 Å². The summed E-state index contributed by atoms with van der Waals surface area (Å²) in [6, 6.07) is 7.44. The van der Waals surface area contributed by atoms with Crippen molar-refractivity contribution >= 4 is 11.6 Å². The highest BCUT2D eigenvalue weighted by Crippen LogP contribution is 2.11. The van der Waals surface area contributed by atoms with Gasteiger partial charge in [0.25, 0.3) is 5.91 Å². The zero-order valence-electron chi connectivity index (χ0n) is 11.4. The number of rotatable bonds is 4. The molecule has 0 fully saturated rings. The highest BCUT2D eigenvalue weighted by molar-refractivity contribution is 5.94. The molecule has 1 aromatic heterocycles. The molecule has 1 heterocycles. The predicted molar refractivity (Wildman–Crippen MR) is 75.0 cm³/mol. The van der Waals surface area contributed by atoms with Gasteiger partial charge < -0.3 is 10.2 Å². The Morgan fingerprint density at radius 1 is 1.37 bits per heavy atom. The molecule has 0 bridgehead atoms. The van der Waals surface area contributed by atoms with Crippen molar-refractivity contribution in [3.05, 3.63) is 47.8 Å². The predicted octanol–water partition coefficient (Wildman–Crippen LogP) is 1.73. The molecule has 2 rings (SSSR count). The third-order valence-corrected chi connectivity index (χ3v) is 2.95. The van der Waals surface area contributed by atoms with E-state index < -0.39 is 0 Å². The van der Waals surface area contributed by atoms with Crippen LogP contribution < -0.4 is 5.32 Å². The molecule has 2 aromatic rings. The smallest absolute Gasteiger partial charge is 0.253 e. The molecule has 0 unspecified atom stereocenters. The zero-order valence-corrected chi connectivity index (χ0v) is 11.4. The summed E-state index contributed by atoms with van der Waals surface area (Å²) in [4.78, 5) is 13.9. The van der Waals surface area contributed by atoms with Crippen molar-refractivity contribution in [2.24, 2.45) is 7.05 Å². The van der Waals surface area contributed by atoms with Crippen molar-refractivity contribution in [2.45, 2.75) is 6.54 Å². The van der Waals surface area contributed by atoms with Crippen LogP contribution in [0.3, 0.4) is 0 Å². The molecule has 0 saturated carbocycles. The normalized spacial score (nSPS) is 10.3. The van der Waals surface area contributed by atoms with Crippen molar-refractivity contribution in [2.75, 3.05) is 19.4 Å². The lowest BCUT2D eigenvalue weighted by molar-refractivity contribution is 0.0785. The van der Waals surface area contributed by atoms with Crippen LogP contribution >= 0.6 is 0 Å². The molecule has 1 N–H and O–H groups in total. The van der Waals surface area contributed by atoms with E-state index in [-0.39, 0.29) is 5.91 Å². The van der Waals surface area contributed by atoms with Crippen molar-refractivity contribution in [3.63, 3.8) is 0 Å². The number of hydrogen-bond acceptors (Lipinski definition) is 3. The molecule has 19 heavy (non-hydrogen) atoms. The fourth-order valence-electron chi connectivity index (χ4n) is 1.90. The number of benzene rings is 1. The van der Waals surface area contributed by atoms with Gasteiger partial charge in [-0.2, -0.15) is 5.10 Å². The molecule has 5 nitrogen and oxygen atoms in total. The summed E-state index contributed by atoms with van der Waals surface area (Å²) in [7, 11) is 5.51. The number of aryl methyl sites for hydroxylation is 1. The monoisotopic (exact) mass is 258 g/mol. The van der Waals surface area contributed by atoms with Gasteiger partial charge in [-0.3, -0.25) is 9.48 Å². The van der Waals surface area contributed by atoms with E-state index in [0.29, 0.717) is 12.1 Å². The number of aromatic nitrogens is 2. The van der Waals surface area contributed by atoms with Gasteiger partial charge >= 0.3 is 0 Å². The van der Waals surface area contributed by atoms with Crippen LogP contribution in [0.25, 0.3) is 0 Å². The Bertz CT molecular complexity index is 559. The van der Waals surface area contributed by atoms with Crippen LogP contribution in [0.15, 0.2) is 36.7 Å². The van der Waals surface area contributed by atoms with Gasteiger partial charge in [-0.1, -0.05) is 0 Å². The van der Waals surface area contributed by atoms with Gasteiger partial charge in [0.2, 0.25) is 0 Å². The van der Waals surface area contributed by atoms with Crippen molar-refractivity contribution < 1.29 is 4.79 Å². The first-order valence-corrected chi connectivity index (χ1v) is 6.11. The minimum absolute atomic E-state index is 0.00602. The maximum absolute atomic E-state index is 12.2. The molecule has 0 aliphatic rings. The second kappa shape index (κ2) is 5.56. The molecule has 5 heteroatoms. The molecule has 0 radical (unpaired) electrons. The minimum atomic E-state index is 0.00602. The van der Waals surface area contributed by atoms with Gasteiger partial charge in [0.15, 0.2) is 0 Å². The fourth-order valence-corrected chi connectivity index (χ4v) is 1.90. The van der Waals surface area contributed by atoms with Crippen LogP contribution in [0.1, 0.15) is 15.9 Å². The third-order valence-electron chi connectivity index (χ3n) is 2.95.